The fourth-order valence-corrected chi connectivity index (χ4v) is 7.07. The van der Waals surface area contributed by atoms with E-state index in [9.17, 15) is 9.90 Å². The van der Waals surface area contributed by atoms with E-state index in [2.05, 4.69) is 20.8 Å². The van der Waals surface area contributed by atoms with Crippen molar-refractivity contribution in [3.05, 3.63) is 11.6 Å². The Bertz CT molecular complexity index is 536. The molecular weight excluding hydrogens is 272 g/mol. The molecular formula is C20H30O2. The van der Waals surface area contributed by atoms with Gasteiger partial charge in [0, 0.05) is 6.42 Å². The van der Waals surface area contributed by atoms with E-state index in [1.54, 1.807) is 0 Å². The highest BCUT2D eigenvalue weighted by molar-refractivity contribution is 5.91. The molecule has 4 aliphatic carbocycles. The first kappa shape index (κ1) is 14.9. The van der Waals surface area contributed by atoms with Crippen molar-refractivity contribution in [1.29, 1.82) is 0 Å². The minimum absolute atomic E-state index is 0.105. The van der Waals surface area contributed by atoms with Gasteiger partial charge in [-0.1, -0.05) is 26.3 Å². The van der Waals surface area contributed by atoms with Gasteiger partial charge in [-0.3, -0.25) is 4.79 Å². The summed E-state index contributed by atoms with van der Waals surface area (Å²) in [5, 5.41) is 10.6. The zero-order valence-electron chi connectivity index (χ0n) is 14.3. The number of carbonyl (C=O) groups excluding carboxylic acids is 1. The molecule has 0 amide bonds. The molecule has 22 heavy (non-hydrogen) atoms. The van der Waals surface area contributed by atoms with Crippen LogP contribution in [0.15, 0.2) is 11.6 Å². The molecule has 122 valence electrons. The van der Waals surface area contributed by atoms with Crippen molar-refractivity contribution in [2.24, 2.45) is 34.5 Å². The standard InChI is InChI=1S/C20H30O2/c1-12-10-17(22)20(3)9-7-16-15(18(12)20)5-4-13-11-14(21)6-8-19(13,16)2/h11-12,15-18,22H,4-10H2,1-3H3/t12?,15-,16-,17?,18+,19+,20-/m1/s1. The van der Waals surface area contributed by atoms with E-state index in [1.165, 1.54) is 24.8 Å². The van der Waals surface area contributed by atoms with Gasteiger partial charge in [0.1, 0.15) is 0 Å². The van der Waals surface area contributed by atoms with E-state index in [1.807, 2.05) is 6.08 Å². The van der Waals surface area contributed by atoms with E-state index in [0.29, 0.717) is 17.6 Å². The Kier molecular flexibility index (Phi) is 3.18. The van der Waals surface area contributed by atoms with Gasteiger partial charge in [-0.25, -0.2) is 0 Å². The van der Waals surface area contributed by atoms with Crippen LogP contribution in [0.25, 0.3) is 0 Å². The third-order valence-electron chi connectivity index (χ3n) is 8.23. The van der Waals surface area contributed by atoms with Crippen LogP contribution in [0.1, 0.15) is 65.7 Å². The first-order chi connectivity index (χ1) is 10.4. The van der Waals surface area contributed by atoms with Gasteiger partial charge in [0.15, 0.2) is 5.78 Å². The van der Waals surface area contributed by atoms with Gasteiger partial charge in [-0.05, 0) is 79.1 Å². The fourth-order valence-electron chi connectivity index (χ4n) is 7.07. The van der Waals surface area contributed by atoms with Crippen LogP contribution in [0.2, 0.25) is 0 Å². The Morgan fingerprint density at radius 2 is 1.95 bits per heavy atom. The summed E-state index contributed by atoms with van der Waals surface area (Å²) in [6.07, 6.45) is 9.41. The molecule has 7 atom stereocenters. The summed E-state index contributed by atoms with van der Waals surface area (Å²) in [5.74, 6) is 3.15. The second kappa shape index (κ2) is 4.69. The molecule has 0 bridgehead atoms. The summed E-state index contributed by atoms with van der Waals surface area (Å²) in [5.41, 5.74) is 1.84. The van der Waals surface area contributed by atoms with Crippen LogP contribution >= 0.6 is 0 Å². The zero-order valence-corrected chi connectivity index (χ0v) is 14.3. The molecule has 0 radical (unpaired) electrons. The normalized spacial score (nSPS) is 54.3. The SMILES string of the molecule is CC1CC(O)[C@@]2(C)CC[C@@H]3[C@@H](CCC4=CC(=O)CC[C@@]43C)[C@H]12. The van der Waals surface area contributed by atoms with Crippen LogP contribution in [-0.4, -0.2) is 17.0 Å². The molecule has 0 heterocycles. The molecule has 0 saturated heterocycles. The molecule has 4 rings (SSSR count). The van der Waals surface area contributed by atoms with Crippen molar-refractivity contribution in [3.63, 3.8) is 0 Å². The lowest BCUT2D eigenvalue weighted by Crippen LogP contribution is -2.52. The molecule has 0 aromatic heterocycles. The fraction of sp³-hybridized carbons (Fsp3) is 0.850. The van der Waals surface area contributed by atoms with Crippen molar-refractivity contribution >= 4 is 5.78 Å². The molecule has 0 aromatic rings. The van der Waals surface area contributed by atoms with E-state index < -0.39 is 0 Å². The minimum atomic E-state index is -0.105. The summed E-state index contributed by atoms with van der Waals surface area (Å²) in [4.78, 5) is 11.8. The van der Waals surface area contributed by atoms with Crippen LogP contribution in [0.4, 0.5) is 0 Å². The van der Waals surface area contributed by atoms with Gasteiger partial charge in [0.2, 0.25) is 0 Å². The molecule has 0 aliphatic heterocycles. The van der Waals surface area contributed by atoms with Gasteiger partial charge >= 0.3 is 0 Å². The monoisotopic (exact) mass is 302 g/mol. The Balaban J connectivity index is 1.71. The lowest BCUT2D eigenvalue weighted by Gasteiger charge is -2.58. The Hall–Kier alpha value is -0.630. The maximum absolute atomic E-state index is 11.8. The number of rotatable bonds is 0. The summed E-state index contributed by atoms with van der Waals surface area (Å²) in [7, 11) is 0. The molecule has 2 heteroatoms. The maximum atomic E-state index is 11.8. The minimum Gasteiger partial charge on any atom is -0.393 e. The average molecular weight is 302 g/mol. The summed E-state index contributed by atoms with van der Waals surface area (Å²) in [6.45, 7) is 7.14. The summed E-state index contributed by atoms with van der Waals surface area (Å²) >= 11 is 0. The Labute approximate surface area is 134 Å². The molecule has 4 aliphatic rings. The Morgan fingerprint density at radius 3 is 2.73 bits per heavy atom. The molecule has 0 spiro atoms. The first-order valence-electron chi connectivity index (χ1n) is 9.28. The van der Waals surface area contributed by atoms with Crippen molar-refractivity contribution in [2.45, 2.75) is 71.8 Å². The Morgan fingerprint density at radius 1 is 1.18 bits per heavy atom. The quantitative estimate of drug-likeness (QED) is 0.730. The van der Waals surface area contributed by atoms with Gasteiger partial charge in [-0.15, -0.1) is 0 Å². The number of fused-ring (bicyclic) bond motifs is 5. The molecule has 3 fully saturated rings. The average Bonchev–Trinajstić information content (AvgIpc) is 2.70. The van der Waals surface area contributed by atoms with Crippen molar-refractivity contribution in [2.75, 3.05) is 0 Å². The van der Waals surface area contributed by atoms with Crippen LogP contribution in [0, 0.1) is 34.5 Å². The lowest BCUT2D eigenvalue weighted by molar-refractivity contribution is -0.118. The molecule has 2 unspecified atom stereocenters. The highest BCUT2D eigenvalue weighted by Gasteiger charge is 2.60. The van der Waals surface area contributed by atoms with E-state index in [0.717, 1.165) is 37.5 Å². The maximum Gasteiger partial charge on any atom is 0.155 e. The molecule has 2 nitrogen and oxygen atoms in total. The molecule has 0 aromatic carbocycles. The molecule has 3 saturated carbocycles. The summed E-state index contributed by atoms with van der Waals surface area (Å²) < 4.78 is 0. The number of carbonyl (C=O) groups is 1. The second-order valence-corrected chi connectivity index (χ2v) is 9.16. The summed E-state index contributed by atoms with van der Waals surface area (Å²) in [6, 6.07) is 0. The van der Waals surface area contributed by atoms with Gasteiger partial charge < -0.3 is 5.11 Å². The van der Waals surface area contributed by atoms with E-state index >= 15 is 0 Å². The molecule has 1 N–H and O–H groups in total. The number of aliphatic hydroxyl groups is 1. The topological polar surface area (TPSA) is 37.3 Å². The first-order valence-corrected chi connectivity index (χ1v) is 9.28. The number of allylic oxidation sites excluding steroid dienone is 1. The third kappa shape index (κ3) is 1.79. The van der Waals surface area contributed by atoms with Gasteiger partial charge in [0.25, 0.3) is 0 Å². The number of ketones is 1. The smallest absolute Gasteiger partial charge is 0.155 e. The van der Waals surface area contributed by atoms with Gasteiger partial charge in [-0.2, -0.15) is 0 Å². The predicted molar refractivity (Wildman–Crippen MR) is 87.3 cm³/mol. The number of aliphatic hydroxyl groups excluding tert-OH is 1. The highest BCUT2D eigenvalue weighted by atomic mass is 16.3. The van der Waals surface area contributed by atoms with Crippen LogP contribution < -0.4 is 0 Å². The predicted octanol–water partition coefficient (Wildman–Crippen LogP) is 4.13. The largest absolute Gasteiger partial charge is 0.393 e. The van der Waals surface area contributed by atoms with Crippen LogP contribution in [-0.2, 0) is 4.79 Å². The van der Waals surface area contributed by atoms with E-state index in [4.69, 9.17) is 0 Å². The van der Waals surface area contributed by atoms with E-state index in [-0.39, 0.29) is 16.9 Å². The van der Waals surface area contributed by atoms with Crippen molar-refractivity contribution in [3.8, 4) is 0 Å². The second-order valence-electron chi connectivity index (χ2n) is 9.16. The number of hydrogen-bond donors (Lipinski definition) is 1. The lowest BCUT2D eigenvalue weighted by atomic mass is 9.46. The van der Waals surface area contributed by atoms with Gasteiger partial charge in [0.05, 0.1) is 6.10 Å². The third-order valence-corrected chi connectivity index (χ3v) is 8.23. The highest BCUT2D eigenvalue weighted by Crippen LogP contribution is 2.66. The zero-order chi connectivity index (χ0) is 15.7. The van der Waals surface area contributed by atoms with Crippen molar-refractivity contribution in [1.82, 2.24) is 0 Å². The van der Waals surface area contributed by atoms with Crippen LogP contribution in [0.3, 0.4) is 0 Å². The van der Waals surface area contributed by atoms with Crippen molar-refractivity contribution < 1.29 is 9.90 Å². The number of hydrogen-bond acceptors (Lipinski definition) is 2. The van der Waals surface area contributed by atoms with Crippen LogP contribution in [0.5, 0.6) is 0 Å².